The Morgan fingerprint density at radius 3 is 1.94 bits per heavy atom. The van der Waals surface area contributed by atoms with Crippen LogP contribution in [-0.2, 0) is 46.5 Å². The summed E-state index contributed by atoms with van der Waals surface area (Å²) in [5.41, 5.74) is 0.754. The van der Waals surface area contributed by atoms with Crippen LogP contribution in [-0.4, -0.2) is 112 Å². The minimum absolute atomic E-state index is 0.127. The topological polar surface area (TPSA) is 146 Å². The minimum atomic E-state index is -0.337. The number of pyridine rings is 1. The number of aliphatic hydroxyl groups excluding tert-OH is 2. The zero-order valence-corrected chi connectivity index (χ0v) is 21.3. The first-order valence-corrected chi connectivity index (χ1v) is 11.9. The lowest BCUT2D eigenvalue weighted by Gasteiger charge is -2.23. The SMILES string of the molecule is COCCOCCOCCOCCC(=O)N(CCCC(=O)OC)CCOc1cc(CO)nc(CO)c1. The number of ether oxygens (including phenoxy) is 6. The van der Waals surface area contributed by atoms with Crippen molar-refractivity contribution in [2.24, 2.45) is 0 Å². The number of amides is 1. The highest BCUT2D eigenvalue weighted by Gasteiger charge is 2.15. The second-order valence-corrected chi connectivity index (χ2v) is 7.59. The molecule has 0 aromatic carbocycles. The van der Waals surface area contributed by atoms with Crippen LogP contribution in [0.2, 0.25) is 0 Å². The van der Waals surface area contributed by atoms with Gasteiger partial charge in [-0.2, -0.15) is 0 Å². The number of nitrogens with zero attached hydrogens (tertiary/aromatic N) is 2. The predicted octanol–water partition coefficient (Wildman–Crippen LogP) is 0.313. The molecule has 0 aliphatic heterocycles. The summed E-state index contributed by atoms with van der Waals surface area (Å²) in [5.74, 6) is -0.0267. The third-order valence-electron chi connectivity index (χ3n) is 4.88. The first-order valence-electron chi connectivity index (χ1n) is 11.9. The fourth-order valence-electron chi connectivity index (χ4n) is 3.02. The molecule has 0 aliphatic carbocycles. The van der Waals surface area contributed by atoms with Crippen molar-refractivity contribution in [1.82, 2.24) is 9.88 Å². The standard InChI is InChI=1S/C24H40N2O10/c1-31-10-11-34-14-15-35-13-12-33-8-5-23(29)26(6-3-4-24(30)32-2)7-9-36-22-16-20(18-27)25-21(17-22)19-28/h16-17,27-28H,3-15,18-19H2,1-2H3. The number of hydrogen-bond donors (Lipinski definition) is 2. The smallest absolute Gasteiger partial charge is 0.305 e. The van der Waals surface area contributed by atoms with Gasteiger partial charge in [-0.3, -0.25) is 14.6 Å². The average molecular weight is 517 g/mol. The summed E-state index contributed by atoms with van der Waals surface area (Å²) in [4.78, 5) is 29.8. The van der Waals surface area contributed by atoms with Gasteiger partial charge in [0.05, 0.1) is 90.9 Å². The zero-order chi connectivity index (χ0) is 26.4. The Kier molecular flexibility index (Phi) is 18.3. The van der Waals surface area contributed by atoms with Crippen molar-refractivity contribution < 1.29 is 48.2 Å². The van der Waals surface area contributed by atoms with E-state index in [9.17, 15) is 19.8 Å². The van der Waals surface area contributed by atoms with Crippen molar-refractivity contribution in [3.8, 4) is 5.75 Å². The van der Waals surface area contributed by atoms with E-state index in [1.54, 1.807) is 24.1 Å². The molecule has 1 aromatic heterocycles. The van der Waals surface area contributed by atoms with E-state index >= 15 is 0 Å². The Morgan fingerprint density at radius 1 is 0.806 bits per heavy atom. The Morgan fingerprint density at radius 2 is 1.39 bits per heavy atom. The summed E-state index contributed by atoms with van der Waals surface area (Å²) in [6.07, 6.45) is 0.837. The van der Waals surface area contributed by atoms with Gasteiger partial charge in [-0.25, -0.2) is 0 Å². The number of carbonyl (C=O) groups excluding carboxylic acids is 2. The molecule has 1 heterocycles. The van der Waals surface area contributed by atoms with Gasteiger partial charge in [0.15, 0.2) is 0 Å². The molecule has 0 bridgehead atoms. The fourth-order valence-corrected chi connectivity index (χ4v) is 3.02. The second-order valence-electron chi connectivity index (χ2n) is 7.59. The molecular formula is C24H40N2O10. The number of methoxy groups -OCH3 is 2. The molecule has 0 fully saturated rings. The van der Waals surface area contributed by atoms with Crippen molar-refractivity contribution in [1.29, 1.82) is 0 Å². The molecule has 0 spiro atoms. The largest absolute Gasteiger partial charge is 0.492 e. The lowest BCUT2D eigenvalue weighted by atomic mass is 10.2. The van der Waals surface area contributed by atoms with Crippen LogP contribution >= 0.6 is 0 Å². The number of rotatable bonds is 22. The van der Waals surface area contributed by atoms with Crippen LogP contribution in [0.25, 0.3) is 0 Å². The van der Waals surface area contributed by atoms with Gasteiger partial charge in [-0.15, -0.1) is 0 Å². The molecule has 1 rings (SSSR count). The number of esters is 1. The van der Waals surface area contributed by atoms with E-state index in [1.807, 2.05) is 0 Å². The first-order chi connectivity index (χ1) is 17.5. The molecule has 0 atom stereocenters. The molecule has 0 saturated carbocycles. The van der Waals surface area contributed by atoms with Crippen molar-refractivity contribution in [3.05, 3.63) is 23.5 Å². The van der Waals surface area contributed by atoms with E-state index in [4.69, 9.17) is 23.7 Å². The van der Waals surface area contributed by atoms with Crippen LogP contribution in [0.15, 0.2) is 12.1 Å². The molecule has 0 saturated heterocycles. The highest BCUT2D eigenvalue weighted by atomic mass is 16.6. The van der Waals surface area contributed by atoms with Crippen molar-refractivity contribution in [3.63, 3.8) is 0 Å². The molecule has 0 radical (unpaired) electrons. The third-order valence-corrected chi connectivity index (χ3v) is 4.88. The van der Waals surface area contributed by atoms with E-state index in [-0.39, 0.29) is 57.7 Å². The van der Waals surface area contributed by atoms with Crippen LogP contribution in [0.3, 0.4) is 0 Å². The maximum Gasteiger partial charge on any atom is 0.305 e. The van der Waals surface area contributed by atoms with Crippen LogP contribution in [0.5, 0.6) is 5.75 Å². The van der Waals surface area contributed by atoms with Gasteiger partial charge in [0, 0.05) is 32.2 Å². The van der Waals surface area contributed by atoms with Gasteiger partial charge < -0.3 is 43.5 Å². The summed E-state index contributed by atoms with van der Waals surface area (Å²) in [6, 6.07) is 3.15. The number of carbonyl (C=O) groups is 2. The van der Waals surface area contributed by atoms with E-state index in [1.165, 1.54) is 7.11 Å². The average Bonchev–Trinajstić information content (AvgIpc) is 2.90. The fraction of sp³-hybridized carbons (Fsp3) is 0.708. The lowest BCUT2D eigenvalue weighted by Crippen LogP contribution is -2.36. The molecule has 206 valence electrons. The van der Waals surface area contributed by atoms with Crippen molar-refractivity contribution in [2.75, 3.05) is 80.2 Å². The Bertz CT molecular complexity index is 713. The molecule has 0 unspecified atom stereocenters. The van der Waals surface area contributed by atoms with Crippen LogP contribution < -0.4 is 4.74 Å². The molecule has 0 aliphatic rings. The lowest BCUT2D eigenvalue weighted by molar-refractivity contribution is -0.141. The Balaban J connectivity index is 2.40. The van der Waals surface area contributed by atoms with Gasteiger partial charge in [-0.05, 0) is 6.42 Å². The van der Waals surface area contributed by atoms with E-state index < -0.39 is 0 Å². The number of hydrogen-bond acceptors (Lipinski definition) is 11. The summed E-state index contributed by atoms with van der Waals surface area (Å²) >= 11 is 0. The third kappa shape index (κ3) is 14.9. The van der Waals surface area contributed by atoms with E-state index in [0.29, 0.717) is 69.7 Å². The monoisotopic (exact) mass is 516 g/mol. The van der Waals surface area contributed by atoms with Gasteiger partial charge in [-0.1, -0.05) is 0 Å². The van der Waals surface area contributed by atoms with Crippen molar-refractivity contribution >= 4 is 11.9 Å². The summed E-state index contributed by atoms with van der Waals surface area (Å²) < 4.78 is 31.4. The van der Waals surface area contributed by atoms with Crippen LogP contribution in [0, 0.1) is 0 Å². The number of aromatic nitrogens is 1. The molecule has 1 amide bonds. The summed E-state index contributed by atoms with van der Waals surface area (Å²) in [5, 5.41) is 18.6. The quantitative estimate of drug-likeness (QED) is 0.162. The van der Waals surface area contributed by atoms with Crippen LogP contribution in [0.4, 0.5) is 0 Å². The molecule has 12 heteroatoms. The predicted molar refractivity (Wildman–Crippen MR) is 128 cm³/mol. The van der Waals surface area contributed by atoms with Gasteiger partial charge >= 0.3 is 5.97 Å². The zero-order valence-electron chi connectivity index (χ0n) is 21.3. The summed E-state index contributed by atoms with van der Waals surface area (Å²) in [7, 11) is 2.94. The van der Waals surface area contributed by atoms with Gasteiger partial charge in [0.25, 0.3) is 0 Å². The Labute approximate surface area is 212 Å². The highest BCUT2D eigenvalue weighted by molar-refractivity contribution is 5.76. The maximum atomic E-state index is 12.7. The molecule has 2 N–H and O–H groups in total. The Hall–Kier alpha value is -2.35. The normalized spacial score (nSPS) is 10.9. The molecule has 36 heavy (non-hydrogen) atoms. The van der Waals surface area contributed by atoms with E-state index in [0.717, 1.165) is 0 Å². The first kappa shape index (κ1) is 31.7. The van der Waals surface area contributed by atoms with Crippen LogP contribution in [0.1, 0.15) is 30.7 Å². The number of aliphatic hydroxyl groups is 2. The second kappa shape index (κ2) is 20.8. The molecule has 1 aromatic rings. The van der Waals surface area contributed by atoms with Crippen molar-refractivity contribution in [2.45, 2.75) is 32.5 Å². The van der Waals surface area contributed by atoms with E-state index in [2.05, 4.69) is 9.72 Å². The maximum absolute atomic E-state index is 12.7. The molecule has 12 nitrogen and oxygen atoms in total. The minimum Gasteiger partial charge on any atom is -0.492 e. The molecular weight excluding hydrogens is 476 g/mol. The van der Waals surface area contributed by atoms with Gasteiger partial charge in [0.2, 0.25) is 5.91 Å². The van der Waals surface area contributed by atoms with Gasteiger partial charge in [0.1, 0.15) is 12.4 Å². The highest BCUT2D eigenvalue weighted by Crippen LogP contribution is 2.15. The summed E-state index contributed by atoms with van der Waals surface area (Å²) in [6.45, 7) is 3.28.